The molecule has 3 aromatic heterocycles. The quantitative estimate of drug-likeness (QED) is 0.368. The van der Waals surface area contributed by atoms with Gasteiger partial charge in [-0.05, 0) is 63.4 Å². The largest absolute Gasteiger partial charge is 0.439 e. The molecule has 1 aliphatic rings. The van der Waals surface area contributed by atoms with Gasteiger partial charge in [-0.15, -0.1) is 11.3 Å². The normalized spacial score (nSPS) is 17.2. The summed E-state index contributed by atoms with van der Waals surface area (Å²) in [7, 11) is -4.28. The Labute approximate surface area is 219 Å². The zero-order chi connectivity index (χ0) is 26.4. The Morgan fingerprint density at radius 2 is 1.97 bits per heavy atom. The van der Waals surface area contributed by atoms with E-state index in [2.05, 4.69) is 45.3 Å². The van der Waals surface area contributed by atoms with E-state index in [0.717, 1.165) is 28.2 Å². The Morgan fingerprint density at radius 3 is 2.73 bits per heavy atom. The van der Waals surface area contributed by atoms with Crippen molar-refractivity contribution in [1.82, 2.24) is 19.7 Å². The van der Waals surface area contributed by atoms with Crippen LogP contribution < -0.4 is 14.4 Å². The van der Waals surface area contributed by atoms with Gasteiger partial charge in [-0.1, -0.05) is 13.0 Å². The molecule has 4 heterocycles. The Morgan fingerprint density at radius 1 is 1.16 bits per heavy atom. The maximum absolute atomic E-state index is 13.2. The number of nitrogens with zero attached hydrogens (tertiary/aromatic N) is 4. The van der Waals surface area contributed by atoms with Gasteiger partial charge in [0.25, 0.3) is 15.9 Å². The van der Waals surface area contributed by atoms with E-state index in [0.29, 0.717) is 17.5 Å². The summed E-state index contributed by atoms with van der Waals surface area (Å²) in [6.45, 7) is 8.98. The molecule has 0 bridgehead atoms. The second-order valence-electron chi connectivity index (χ2n) is 9.82. The molecule has 0 radical (unpaired) electrons. The third kappa shape index (κ3) is 5.14. The fourth-order valence-corrected chi connectivity index (χ4v) is 6.52. The highest BCUT2D eigenvalue weighted by atomic mass is 32.2. The van der Waals surface area contributed by atoms with E-state index in [4.69, 9.17) is 4.74 Å². The Kier molecular flexibility index (Phi) is 6.36. The second kappa shape index (κ2) is 9.38. The van der Waals surface area contributed by atoms with Crippen molar-refractivity contribution in [3.8, 4) is 11.6 Å². The van der Waals surface area contributed by atoms with Crippen LogP contribution in [0.4, 0.5) is 5.82 Å². The summed E-state index contributed by atoms with van der Waals surface area (Å²) >= 11 is 1.58. The van der Waals surface area contributed by atoms with Crippen LogP contribution >= 0.6 is 11.3 Å². The van der Waals surface area contributed by atoms with E-state index in [1.807, 2.05) is 13.0 Å². The number of pyridine rings is 2. The van der Waals surface area contributed by atoms with Crippen LogP contribution in [0.5, 0.6) is 11.6 Å². The zero-order valence-corrected chi connectivity index (χ0v) is 22.6. The fraction of sp³-hybridized carbons (Fsp3) is 0.308. The molecule has 1 fully saturated rings. The molecule has 1 saturated heterocycles. The van der Waals surface area contributed by atoms with Gasteiger partial charge < -0.3 is 9.64 Å². The summed E-state index contributed by atoms with van der Waals surface area (Å²) in [6, 6.07) is 13.0. The highest BCUT2D eigenvalue weighted by Crippen LogP contribution is 2.37. The number of benzene rings is 1. The number of aromatic nitrogens is 3. The zero-order valence-electron chi connectivity index (χ0n) is 20.9. The average Bonchev–Trinajstić information content (AvgIpc) is 3.34. The number of sulfonamides is 1. The average molecular weight is 538 g/mol. The van der Waals surface area contributed by atoms with Gasteiger partial charge in [-0.3, -0.25) is 4.79 Å². The van der Waals surface area contributed by atoms with Gasteiger partial charge in [0, 0.05) is 30.4 Å². The van der Waals surface area contributed by atoms with Crippen molar-refractivity contribution in [3.63, 3.8) is 0 Å². The summed E-state index contributed by atoms with van der Waals surface area (Å²) in [5, 5.41) is 0.609. The molecule has 192 valence electrons. The number of aryl methyl sites for hydroxylation is 1. The number of amides is 1. The van der Waals surface area contributed by atoms with E-state index in [1.165, 1.54) is 12.1 Å². The number of nitrogens with one attached hydrogen (secondary N) is 1. The van der Waals surface area contributed by atoms with Crippen LogP contribution in [0.3, 0.4) is 0 Å². The van der Waals surface area contributed by atoms with Gasteiger partial charge >= 0.3 is 0 Å². The van der Waals surface area contributed by atoms with Crippen molar-refractivity contribution >= 4 is 43.3 Å². The minimum absolute atomic E-state index is 0.0801. The molecular weight excluding hydrogens is 510 g/mol. The molecule has 9 nitrogen and oxygen atoms in total. The first kappa shape index (κ1) is 25.1. The Hall–Kier alpha value is -3.57. The number of hydrogen-bond acceptors (Lipinski definition) is 9. The van der Waals surface area contributed by atoms with Gasteiger partial charge in [0.2, 0.25) is 5.88 Å². The summed E-state index contributed by atoms with van der Waals surface area (Å²) in [6.07, 6.45) is 2.54. The number of thiazole rings is 1. The molecule has 1 atom stereocenters. The molecule has 37 heavy (non-hydrogen) atoms. The van der Waals surface area contributed by atoms with Gasteiger partial charge in [0.1, 0.15) is 11.6 Å². The molecule has 11 heteroatoms. The summed E-state index contributed by atoms with van der Waals surface area (Å²) in [5.41, 5.74) is 0.765. The monoisotopic (exact) mass is 537 g/mol. The van der Waals surface area contributed by atoms with Gasteiger partial charge in [-0.25, -0.2) is 14.7 Å². The van der Waals surface area contributed by atoms with E-state index >= 15 is 0 Å². The standard InChI is InChI=1S/C26H27N5O4S2/c1-16-14-26(3,4)31(15-16)24-19(7-6-12-27-24)25(32)30-37(33,34)23-9-5-8-22(29-23)35-18-10-11-21-20(13-18)28-17(2)36-21/h5-13,16H,14-15H2,1-4H3,(H,30,32). The van der Waals surface area contributed by atoms with E-state index < -0.39 is 15.9 Å². The third-order valence-electron chi connectivity index (χ3n) is 6.25. The van der Waals surface area contributed by atoms with Crippen LogP contribution in [0.2, 0.25) is 0 Å². The number of fused-ring (bicyclic) bond motifs is 1. The molecule has 0 aliphatic carbocycles. The first-order valence-corrected chi connectivity index (χ1v) is 14.1. The predicted molar refractivity (Wildman–Crippen MR) is 143 cm³/mol. The highest BCUT2D eigenvalue weighted by molar-refractivity contribution is 7.90. The first-order valence-electron chi connectivity index (χ1n) is 11.8. The van der Waals surface area contributed by atoms with E-state index in [9.17, 15) is 13.2 Å². The molecule has 0 saturated carbocycles. The minimum atomic E-state index is -4.28. The van der Waals surface area contributed by atoms with Crippen molar-refractivity contribution in [2.24, 2.45) is 5.92 Å². The Balaban J connectivity index is 1.37. The minimum Gasteiger partial charge on any atom is -0.439 e. The maximum atomic E-state index is 13.2. The molecule has 5 rings (SSSR count). The molecule has 1 amide bonds. The van der Waals surface area contributed by atoms with Gasteiger partial charge in [0.05, 0.1) is 20.8 Å². The topological polar surface area (TPSA) is 114 Å². The number of carbonyl (C=O) groups is 1. The predicted octanol–water partition coefficient (Wildman–Crippen LogP) is 4.93. The molecule has 4 aromatic rings. The number of rotatable bonds is 6. The number of carbonyl (C=O) groups excluding carboxylic acids is 1. The molecule has 1 aromatic carbocycles. The van der Waals surface area contributed by atoms with Crippen molar-refractivity contribution in [3.05, 3.63) is 65.3 Å². The molecular formula is C26H27N5O4S2. The van der Waals surface area contributed by atoms with Crippen LogP contribution in [-0.2, 0) is 10.0 Å². The fourth-order valence-electron chi connectivity index (χ4n) is 4.79. The van der Waals surface area contributed by atoms with E-state index in [-0.39, 0.29) is 22.0 Å². The molecule has 1 unspecified atom stereocenters. The third-order valence-corrected chi connectivity index (χ3v) is 8.43. The summed E-state index contributed by atoms with van der Waals surface area (Å²) < 4.78 is 35.2. The van der Waals surface area contributed by atoms with E-state index in [1.54, 1.807) is 47.9 Å². The Bertz CT molecular complexity index is 1600. The maximum Gasteiger partial charge on any atom is 0.281 e. The van der Waals surface area contributed by atoms with Crippen LogP contribution in [0.15, 0.2) is 59.8 Å². The summed E-state index contributed by atoms with van der Waals surface area (Å²) in [4.78, 5) is 28.3. The lowest BCUT2D eigenvalue weighted by Crippen LogP contribution is -2.41. The first-order chi connectivity index (χ1) is 17.5. The molecule has 0 spiro atoms. The molecule has 1 aliphatic heterocycles. The van der Waals surface area contributed by atoms with Crippen molar-refractivity contribution in [1.29, 1.82) is 0 Å². The van der Waals surface area contributed by atoms with Crippen LogP contribution in [0.25, 0.3) is 10.2 Å². The van der Waals surface area contributed by atoms with Crippen LogP contribution in [0.1, 0.15) is 42.6 Å². The van der Waals surface area contributed by atoms with Crippen molar-refractivity contribution in [2.45, 2.75) is 44.7 Å². The van der Waals surface area contributed by atoms with Crippen molar-refractivity contribution < 1.29 is 17.9 Å². The second-order valence-corrected chi connectivity index (χ2v) is 12.7. The van der Waals surface area contributed by atoms with Crippen LogP contribution in [0, 0.1) is 12.8 Å². The summed E-state index contributed by atoms with van der Waals surface area (Å²) in [5.74, 6) is 0.671. The number of ether oxygens (including phenoxy) is 1. The highest BCUT2D eigenvalue weighted by Gasteiger charge is 2.39. The SMILES string of the molecule is Cc1nc2cc(Oc3cccc(S(=O)(=O)NC(=O)c4cccnc4N4CC(C)CC4(C)C)n3)ccc2s1. The number of anilines is 1. The van der Waals surface area contributed by atoms with Crippen molar-refractivity contribution in [2.75, 3.05) is 11.4 Å². The smallest absolute Gasteiger partial charge is 0.281 e. The van der Waals surface area contributed by atoms with Crippen LogP contribution in [-0.4, -0.2) is 41.4 Å². The lowest BCUT2D eigenvalue weighted by atomic mass is 9.97. The molecule has 1 N–H and O–H groups in total. The lowest BCUT2D eigenvalue weighted by Gasteiger charge is -2.33. The van der Waals surface area contributed by atoms with Gasteiger partial charge in [-0.2, -0.15) is 13.4 Å². The number of hydrogen-bond donors (Lipinski definition) is 1. The lowest BCUT2D eigenvalue weighted by molar-refractivity contribution is 0.0981. The van der Waals surface area contributed by atoms with Gasteiger partial charge in [0.15, 0.2) is 5.03 Å².